The molecule has 0 aromatic rings. The number of hydrogen-bond acceptors (Lipinski definition) is 2. The highest BCUT2D eigenvalue weighted by Crippen LogP contribution is 2.17. The zero-order chi connectivity index (χ0) is 12.0. The molecule has 1 rings (SSSR count). The molecule has 0 aliphatic carbocycles. The van der Waals surface area contributed by atoms with Gasteiger partial charge in [0.05, 0.1) is 0 Å². The van der Waals surface area contributed by atoms with Gasteiger partial charge in [-0.15, -0.1) is 0 Å². The summed E-state index contributed by atoms with van der Waals surface area (Å²) in [6, 6.07) is 0.667. The Morgan fingerprint density at radius 2 is 2.12 bits per heavy atom. The van der Waals surface area contributed by atoms with Crippen LogP contribution in [0, 0.1) is 0 Å². The fraction of sp³-hybridized carbons (Fsp3) is 0.846. The van der Waals surface area contributed by atoms with Gasteiger partial charge < -0.3 is 5.32 Å². The molecule has 1 unspecified atom stereocenters. The number of nitrogens with one attached hydrogen (secondary N) is 1. The zero-order valence-corrected chi connectivity index (χ0v) is 11.6. The molecule has 0 amide bonds. The summed E-state index contributed by atoms with van der Waals surface area (Å²) in [6.45, 7) is 9.94. The number of rotatable bonds is 4. The van der Waals surface area contributed by atoms with Crippen molar-refractivity contribution in [3.05, 3.63) is 11.6 Å². The van der Waals surface area contributed by atoms with E-state index < -0.39 is 0 Å². The van der Waals surface area contributed by atoms with Crippen LogP contribution in [0.25, 0.3) is 0 Å². The van der Waals surface area contributed by atoms with Gasteiger partial charge in [-0.05, 0) is 40.2 Å². The maximum absolute atomic E-state index is 5.60. The van der Waals surface area contributed by atoms with Crippen molar-refractivity contribution in [2.75, 3.05) is 19.6 Å². The van der Waals surface area contributed by atoms with Crippen molar-refractivity contribution in [3.63, 3.8) is 0 Å². The summed E-state index contributed by atoms with van der Waals surface area (Å²) in [5.41, 5.74) is 1.84. The summed E-state index contributed by atoms with van der Waals surface area (Å²) in [7, 11) is 0. The summed E-state index contributed by atoms with van der Waals surface area (Å²) in [4.78, 5) is 2.53. The van der Waals surface area contributed by atoms with Crippen molar-refractivity contribution < 1.29 is 0 Å². The Balaban J connectivity index is 2.40. The van der Waals surface area contributed by atoms with E-state index in [1.54, 1.807) is 5.54 Å². The van der Waals surface area contributed by atoms with Crippen molar-refractivity contribution in [2.45, 2.75) is 51.6 Å². The third-order valence-corrected chi connectivity index (χ3v) is 3.22. The van der Waals surface area contributed by atoms with E-state index in [1.165, 1.54) is 25.8 Å². The van der Waals surface area contributed by atoms with Gasteiger partial charge >= 0.3 is 0 Å². The summed E-state index contributed by atoms with van der Waals surface area (Å²) in [5.74, 6) is 0. The van der Waals surface area contributed by atoms with Gasteiger partial charge in [-0.3, -0.25) is 4.90 Å². The second-order valence-electron chi connectivity index (χ2n) is 5.64. The molecule has 1 N–H and O–H groups in total. The molecule has 1 aliphatic rings. The maximum Gasteiger partial charge on any atom is 0.0224 e. The molecule has 16 heavy (non-hydrogen) atoms. The lowest BCUT2D eigenvalue weighted by Crippen LogP contribution is -2.49. The lowest BCUT2D eigenvalue weighted by Gasteiger charge is -2.37. The van der Waals surface area contributed by atoms with Crippen molar-refractivity contribution in [3.8, 4) is 0 Å². The van der Waals surface area contributed by atoms with E-state index in [0.29, 0.717) is 6.04 Å². The lowest BCUT2D eigenvalue weighted by atomic mass is 10.0. The van der Waals surface area contributed by atoms with Crippen molar-refractivity contribution in [1.82, 2.24) is 10.2 Å². The molecule has 0 bridgehead atoms. The van der Waals surface area contributed by atoms with Crippen LogP contribution in [0.5, 0.6) is 0 Å². The highest BCUT2D eigenvalue weighted by atomic mass is 35.5. The fourth-order valence-electron chi connectivity index (χ4n) is 2.13. The van der Waals surface area contributed by atoms with E-state index in [1.807, 2.05) is 6.08 Å². The average molecular weight is 245 g/mol. The minimum atomic E-state index is 0.214. The Labute approximate surface area is 105 Å². The maximum atomic E-state index is 5.60. The summed E-state index contributed by atoms with van der Waals surface area (Å²) in [5, 5.41) is 3.60. The largest absolute Gasteiger partial charge is 0.311 e. The Hall–Kier alpha value is -0.0500. The third-order valence-electron chi connectivity index (χ3n) is 3.05. The molecule has 1 heterocycles. The van der Waals surface area contributed by atoms with Gasteiger partial charge in [-0.1, -0.05) is 24.1 Å². The van der Waals surface area contributed by atoms with Crippen LogP contribution in [-0.4, -0.2) is 36.1 Å². The van der Waals surface area contributed by atoms with Crippen molar-refractivity contribution in [1.29, 1.82) is 0 Å². The quantitative estimate of drug-likeness (QED) is 0.818. The van der Waals surface area contributed by atoms with Gasteiger partial charge in [0, 0.05) is 30.2 Å². The Morgan fingerprint density at radius 3 is 2.75 bits per heavy atom. The number of piperidine rings is 1. The molecule has 2 nitrogen and oxygen atoms in total. The first kappa shape index (κ1) is 14.0. The van der Waals surface area contributed by atoms with Gasteiger partial charge in [0.1, 0.15) is 0 Å². The molecule has 0 spiro atoms. The molecule has 1 saturated heterocycles. The normalized spacial score (nSPS) is 24.1. The number of likely N-dealkylation sites (tertiary alicyclic amines) is 1. The molecular formula is C13H25ClN2. The van der Waals surface area contributed by atoms with E-state index in [4.69, 9.17) is 11.6 Å². The zero-order valence-electron chi connectivity index (χ0n) is 10.8. The molecule has 0 radical (unpaired) electrons. The van der Waals surface area contributed by atoms with Crippen LogP contribution in [0.2, 0.25) is 0 Å². The van der Waals surface area contributed by atoms with E-state index >= 15 is 0 Å². The molecule has 0 aromatic heterocycles. The second kappa shape index (κ2) is 6.63. The Kier molecular flexibility index (Phi) is 5.81. The first-order valence-electron chi connectivity index (χ1n) is 6.27. The van der Waals surface area contributed by atoms with Crippen molar-refractivity contribution >= 4 is 11.6 Å². The minimum Gasteiger partial charge on any atom is -0.311 e. The SMILES string of the molecule is CC(C)(C)NCC1CCCCN1CC=CCl. The average Bonchev–Trinajstić information content (AvgIpc) is 2.23. The van der Waals surface area contributed by atoms with Crippen LogP contribution in [0.1, 0.15) is 40.0 Å². The predicted molar refractivity (Wildman–Crippen MR) is 72.0 cm³/mol. The number of nitrogens with zero attached hydrogens (tertiary/aromatic N) is 1. The Bertz CT molecular complexity index is 220. The van der Waals surface area contributed by atoms with E-state index in [-0.39, 0.29) is 5.54 Å². The van der Waals surface area contributed by atoms with E-state index in [9.17, 15) is 0 Å². The van der Waals surface area contributed by atoms with Crippen LogP contribution in [-0.2, 0) is 0 Å². The van der Waals surface area contributed by atoms with Crippen LogP contribution < -0.4 is 5.32 Å². The molecule has 1 fully saturated rings. The van der Waals surface area contributed by atoms with Gasteiger partial charge in [0.15, 0.2) is 0 Å². The van der Waals surface area contributed by atoms with Gasteiger partial charge in [0.2, 0.25) is 0 Å². The summed E-state index contributed by atoms with van der Waals surface area (Å²) < 4.78 is 0. The molecule has 1 atom stereocenters. The predicted octanol–water partition coefficient (Wildman–Crippen LogP) is 2.98. The smallest absolute Gasteiger partial charge is 0.0224 e. The Morgan fingerprint density at radius 1 is 1.38 bits per heavy atom. The van der Waals surface area contributed by atoms with E-state index in [0.717, 1.165) is 13.1 Å². The molecular weight excluding hydrogens is 220 g/mol. The molecule has 3 heteroatoms. The third kappa shape index (κ3) is 5.33. The standard InChI is InChI=1S/C13H25ClN2/c1-13(2,3)15-11-12-7-4-5-9-16(12)10-6-8-14/h6,8,12,15H,4-5,7,9-11H2,1-3H3. The number of halogens is 1. The van der Waals surface area contributed by atoms with Gasteiger partial charge in [0.25, 0.3) is 0 Å². The van der Waals surface area contributed by atoms with Crippen LogP contribution in [0.3, 0.4) is 0 Å². The summed E-state index contributed by atoms with van der Waals surface area (Å²) >= 11 is 5.60. The lowest BCUT2D eigenvalue weighted by molar-refractivity contribution is 0.154. The number of hydrogen-bond donors (Lipinski definition) is 1. The van der Waals surface area contributed by atoms with Gasteiger partial charge in [-0.2, -0.15) is 0 Å². The first-order chi connectivity index (χ1) is 7.53. The van der Waals surface area contributed by atoms with Gasteiger partial charge in [-0.25, -0.2) is 0 Å². The monoisotopic (exact) mass is 244 g/mol. The molecule has 1 aliphatic heterocycles. The van der Waals surface area contributed by atoms with E-state index in [2.05, 4.69) is 31.0 Å². The first-order valence-corrected chi connectivity index (χ1v) is 6.71. The van der Waals surface area contributed by atoms with Crippen molar-refractivity contribution in [2.24, 2.45) is 0 Å². The van der Waals surface area contributed by atoms with Crippen LogP contribution >= 0.6 is 11.6 Å². The fourth-order valence-corrected chi connectivity index (χ4v) is 2.21. The van der Waals surface area contributed by atoms with Crippen LogP contribution in [0.15, 0.2) is 11.6 Å². The topological polar surface area (TPSA) is 15.3 Å². The highest BCUT2D eigenvalue weighted by Gasteiger charge is 2.22. The molecule has 94 valence electrons. The summed E-state index contributed by atoms with van der Waals surface area (Å²) in [6.07, 6.45) is 6.02. The second-order valence-corrected chi connectivity index (χ2v) is 5.89. The minimum absolute atomic E-state index is 0.214. The van der Waals surface area contributed by atoms with Crippen LogP contribution in [0.4, 0.5) is 0 Å². The highest BCUT2D eigenvalue weighted by molar-refractivity contribution is 6.25. The molecule has 0 aromatic carbocycles. The molecule has 0 saturated carbocycles.